The summed E-state index contributed by atoms with van der Waals surface area (Å²) in [6, 6.07) is 0. The van der Waals surface area contributed by atoms with Crippen LogP contribution in [0.4, 0.5) is 0 Å². The van der Waals surface area contributed by atoms with E-state index in [1.165, 1.54) is 11.5 Å². The summed E-state index contributed by atoms with van der Waals surface area (Å²) in [5, 5.41) is 9.16. The summed E-state index contributed by atoms with van der Waals surface area (Å²) in [6.45, 7) is 2.04. The van der Waals surface area contributed by atoms with Gasteiger partial charge in [0.15, 0.2) is 0 Å². The maximum atomic E-state index is 9.16. The third-order valence-electron chi connectivity index (χ3n) is 1.63. The maximum absolute atomic E-state index is 9.16. The lowest BCUT2D eigenvalue weighted by Gasteiger charge is -2.28. The van der Waals surface area contributed by atoms with E-state index in [-0.39, 0.29) is 6.10 Å². The molecular weight excluding hydrogens is 120 g/mol. The molecule has 0 radical (unpaired) electrons. The van der Waals surface area contributed by atoms with Crippen LogP contribution in [-0.4, -0.2) is 22.7 Å². The fourth-order valence-electron chi connectivity index (χ4n) is 0.809. The molecule has 0 aliphatic carbocycles. The van der Waals surface area contributed by atoms with Gasteiger partial charge in [0.1, 0.15) is 0 Å². The van der Waals surface area contributed by atoms with Crippen molar-refractivity contribution in [2.75, 3.05) is 11.5 Å². The Kier molecular flexibility index (Phi) is 2.20. The Bertz CT molecular complexity index is 68.2. The van der Waals surface area contributed by atoms with E-state index in [0.29, 0.717) is 5.92 Å². The molecule has 1 aliphatic rings. The highest BCUT2D eigenvalue weighted by atomic mass is 32.2. The molecule has 0 aromatic carbocycles. The molecule has 8 heavy (non-hydrogen) atoms. The lowest BCUT2D eigenvalue weighted by molar-refractivity contribution is 0.121. The molecule has 1 aliphatic heterocycles. The van der Waals surface area contributed by atoms with E-state index in [0.717, 1.165) is 6.42 Å². The number of rotatable bonds is 2. The third-order valence-corrected chi connectivity index (χ3v) is 2.95. The SMILES string of the molecule is CCC(O)C1CSC1. The predicted molar refractivity (Wildman–Crippen MR) is 37.1 cm³/mol. The Morgan fingerprint density at radius 3 is 2.50 bits per heavy atom. The minimum absolute atomic E-state index is 0.0174. The molecule has 0 bridgehead atoms. The first-order valence-corrected chi connectivity index (χ1v) is 4.26. The molecule has 0 aromatic heterocycles. The van der Waals surface area contributed by atoms with Crippen LogP contribution in [0.5, 0.6) is 0 Å². The largest absolute Gasteiger partial charge is 0.393 e. The zero-order valence-electron chi connectivity index (χ0n) is 5.13. The predicted octanol–water partition coefficient (Wildman–Crippen LogP) is 1.12. The number of aliphatic hydroxyl groups excluding tert-OH is 1. The number of hydrogen-bond acceptors (Lipinski definition) is 2. The van der Waals surface area contributed by atoms with E-state index in [1.807, 2.05) is 18.7 Å². The van der Waals surface area contributed by atoms with Crippen LogP contribution in [0.15, 0.2) is 0 Å². The monoisotopic (exact) mass is 132 g/mol. The molecule has 2 heteroatoms. The summed E-state index contributed by atoms with van der Waals surface area (Å²) in [7, 11) is 0. The number of aliphatic hydroxyl groups is 1. The fraction of sp³-hybridized carbons (Fsp3) is 1.00. The first kappa shape index (κ1) is 6.43. The van der Waals surface area contributed by atoms with Crippen molar-refractivity contribution in [3.05, 3.63) is 0 Å². The van der Waals surface area contributed by atoms with Crippen molar-refractivity contribution in [3.8, 4) is 0 Å². The minimum Gasteiger partial charge on any atom is -0.393 e. The maximum Gasteiger partial charge on any atom is 0.0581 e. The Hall–Kier alpha value is 0.310. The fourth-order valence-corrected chi connectivity index (χ4v) is 1.76. The van der Waals surface area contributed by atoms with Crippen LogP contribution in [0.25, 0.3) is 0 Å². The summed E-state index contributed by atoms with van der Waals surface area (Å²) >= 11 is 1.93. The molecule has 1 fully saturated rings. The van der Waals surface area contributed by atoms with Gasteiger partial charge in [-0.25, -0.2) is 0 Å². The van der Waals surface area contributed by atoms with Gasteiger partial charge in [0.25, 0.3) is 0 Å². The average molecular weight is 132 g/mol. The first-order chi connectivity index (χ1) is 3.84. The summed E-state index contributed by atoms with van der Waals surface area (Å²) in [6.07, 6.45) is 0.904. The van der Waals surface area contributed by atoms with E-state index in [2.05, 4.69) is 0 Å². The van der Waals surface area contributed by atoms with Gasteiger partial charge in [-0.3, -0.25) is 0 Å². The Labute approximate surface area is 54.5 Å². The van der Waals surface area contributed by atoms with Gasteiger partial charge in [-0.15, -0.1) is 0 Å². The van der Waals surface area contributed by atoms with Crippen LogP contribution in [-0.2, 0) is 0 Å². The van der Waals surface area contributed by atoms with Gasteiger partial charge in [0, 0.05) is 5.92 Å². The van der Waals surface area contributed by atoms with Crippen LogP contribution < -0.4 is 0 Å². The summed E-state index contributed by atoms with van der Waals surface area (Å²) < 4.78 is 0. The standard InChI is InChI=1S/C6H12OS/c1-2-6(7)5-3-8-4-5/h5-7H,2-4H2,1H3. The van der Waals surface area contributed by atoms with Crippen molar-refractivity contribution >= 4 is 11.8 Å². The van der Waals surface area contributed by atoms with E-state index in [4.69, 9.17) is 5.11 Å². The number of thioether (sulfide) groups is 1. The van der Waals surface area contributed by atoms with Gasteiger partial charge >= 0.3 is 0 Å². The third kappa shape index (κ3) is 1.17. The number of hydrogen-bond donors (Lipinski definition) is 1. The molecule has 48 valence electrons. The summed E-state index contributed by atoms with van der Waals surface area (Å²) in [5.74, 6) is 2.97. The molecule has 0 spiro atoms. The van der Waals surface area contributed by atoms with Crippen molar-refractivity contribution in [2.45, 2.75) is 19.4 Å². The molecule has 0 saturated carbocycles. The van der Waals surface area contributed by atoms with Gasteiger partial charge in [-0.1, -0.05) is 6.92 Å². The Morgan fingerprint density at radius 1 is 1.75 bits per heavy atom. The molecule has 1 heterocycles. The van der Waals surface area contributed by atoms with Gasteiger partial charge in [-0.05, 0) is 17.9 Å². The van der Waals surface area contributed by atoms with Crippen LogP contribution in [0.1, 0.15) is 13.3 Å². The van der Waals surface area contributed by atoms with Crippen molar-refractivity contribution in [1.82, 2.24) is 0 Å². The van der Waals surface area contributed by atoms with Crippen LogP contribution >= 0.6 is 11.8 Å². The van der Waals surface area contributed by atoms with Crippen LogP contribution in [0.2, 0.25) is 0 Å². The second-order valence-electron chi connectivity index (χ2n) is 2.27. The molecule has 0 amide bonds. The quantitative estimate of drug-likeness (QED) is 0.607. The Balaban J connectivity index is 2.13. The second kappa shape index (κ2) is 2.74. The van der Waals surface area contributed by atoms with E-state index < -0.39 is 0 Å². The van der Waals surface area contributed by atoms with Crippen LogP contribution in [0, 0.1) is 5.92 Å². The molecule has 1 nitrogen and oxygen atoms in total. The molecule has 0 aromatic rings. The molecule has 1 saturated heterocycles. The Morgan fingerprint density at radius 2 is 2.38 bits per heavy atom. The van der Waals surface area contributed by atoms with Crippen molar-refractivity contribution in [1.29, 1.82) is 0 Å². The van der Waals surface area contributed by atoms with Crippen molar-refractivity contribution in [2.24, 2.45) is 5.92 Å². The highest BCUT2D eigenvalue weighted by Crippen LogP contribution is 2.28. The minimum atomic E-state index is -0.0174. The summed E-state index contributed by atoms with van der Waals surface area (Å²) in [4.78, 5) is 0. The van der Waals surface area contributed by atoms with E-state index in [1.54, 1.807) is 0 Å². The lowest BCUT2D eigenvalue weighted by Crippen LogP contribution is -2.30. The van der Waals surface area contributed by atoms with Gasteiger partial charge in [-0.2, -0.15) is 11.8 Å². The van der Waals surface area contributed by atoms with Gasteiger partial charge in [0.2, 0.25) is 0 Å². The highest BCUT2D eigenvalue weighted by Gasteiger charge is 2.24. The van der Waals surface area contributed by atoms with E-state index >= 15 is 0 Å². The molecule has 1 rings (SSSR count). The van der Waals surface area contributed by atoms with Crippen molar-refractivity contribution < 1.29 is 5.11 Å². The zero-order valence-corrected chi connectivity index (χ0v) is 5.95. The average Bonchev–Trinajstić information content (AvgIpc) is 1.62. The smallest absolute Gasteiger partial charge is 0.0581 e. The topological polar surface area (TPSA) is 20.2 Å². The summed E-state index contributed by atoms with van der Waals surface area (Å²) in [5.41, 5.74) is 0. The van der Waals surface area contributed by atoms with E-state index in [9.17, 15) is 0 Å². The normalized spacial score (nSPS) is 24.8. The molecule has 1 N–H and O–H groups in total. The first-order valence-electron chi connectivity index (χ1n) is 3.10. The molecular formula is C6H12OS. The molecule has 1 atom stereocenters. The van der Waals surface area contributed by atoms with Crippen LogP contribution in [0.3, 0.4) is 0 Å². The molecule has 1 unspecified atom stereocenters. The lowest BCUT2D eigenvalue weighted by atomic mass is 10.0. The highest BCUT2D eigenvalue weighted by molar-refractivity contribution is 8.00. The zero-order chi connectivity index (χ0) is 5.98. The van der Waals surface area contributed by atoms with Gasteiger partial charge in [0.05, 0.1) is 6.10 Å². The van der Waals surface area contributed by atoms with Gasteiger partial charge < -0.3 is 5.11 Å². The van der Waals surface area contributed by atoms with Crippen molar-refractivity contribution in [3.63, 3.8) is 0 Å². The second-order valence-corrected chi connectivity index (χ2v) is 3.35.